The van der Waals surface area contributed by atoms with Gasteiger partial charge in [-0.15, -0.1) is 0 Å². The molecule has 1 atom stereocenters. The zero-order chi connectivity index (χ0) is 8.97. The number of nitrogens with one attached hydrogen (secondary N) is 1. The molecule has 0 spiro atoms. The molecule has 1 amide bonds. The second-order valence-corrected chi connectivity index (χ2v) is 3.79. The van der Waals surface area contributed by atoms with Crippen LogP contribution in [0.2, 0.25) is 0 Å². The lowest BCUT2D eigenvalue weighted by Crippen LogP contribution is -2.41. The number of rotatable bonds is 3. The fraction of sp³-hybridized carbons (Fsp3) is 0.875. The summed E-state index contributed by atoms with van der Waals surface area (Å²) in [6, 6.07) is 0.361. The van der Waals surface area contributed by atoms with Gasteiger partial charge in [0, 0.05) is 11.4 Å². The molecule has 0 aromatic heterocycles. The number of amides is 1. The van der Waals surface area contributed by atoms with Crippen LogP contribution in [-0.4, -0.2) is 23.6 Å². The summed E-state index contributed by atoms with van der Waals surface area (Å²) in [6.07, 6.45) is 3.07. The van der Waals surface area contributed by atoms with E-state index >= 15 is 0 Å². The number of alkyl halides is 1. The van der Waals surface area contributed by atoms with Crippen molar-refractivity contribution in [1.29, 1.82) is 0 Å². The molecule has 1 rings (SSSR count). The zero-order valence-corrected chi connectivity index (χ0v) is 8.76. The molecule has 1 fully saturated rings. The van der Waals surface area contributed by atoms with Crippen LogP contribution in [0.15, 0.2) is 0 Å². The van der Waals surface area contributed by atoms with Crippen LogP contribution in [0.3, 0.4) is 0 Å². The molecule has 1 unspecified atom stereocenters. The van der Waals surface area contributed by atoms with E-state index in [0.29, 0.717) is 11.4 Å². The first-order valence-corrected chi connectivity index (χ1v) is 5.37. The van der Waals surface area contributed by atoms with E-state index in [1.807, 2.05) is 6.92 Å². The fourth-order valence-electron chi connectivity index (χ4n) is 0.967. The molecule has 0 heterocycles. The van der Waals surface area contributed by atoms with Gasteiger partial charge < -0.3 is 10.1 Å². The lowest BCUT2D eigenvalue weighted by atomic mass is 9.93. The highest BCUT2D eigenvalue weighted by atomic mass is 79.9. The molecule has 0 saturated heterocycles. The van der Waals surface area contributed by atoms with Gasteiger partial charge in [-0.3, -0.25) is 0 Å². The summed E-state index contributed by atoms with van der Waals surface area (Å²) < 4.78 is 5.01. The Balaban J connectivity index is 2.10. The van der Waals surface area contributed by atoms with Crippen molar-refractivity contribution in [3.63, 3.8) is 0 Å². The third-order valence-electron chi connectivity index (χ3n) is 1.95. The normalized spacial score (nSPS) is 19.5. The number of halogens is 1. The number of carbonyl (C=O) groups excluding carboxylic acids is 1. The van der Waals surface area contributed by atoms with Gasteiger partial charge in [-0.05, 0) is 26.2 Å². The van der Waals surface area contributed by atoms with Crippen LogP contribution in [0.1, 0.15) is 26.2 Å². The minimum atomic E-state index is -0.286. The highest BCUT2D eigenvalue weighted by Crippen LogP contribution is 2.18. The van der Waals surface area contributed by atoms with Crippen molar-refractivity contribution in [1.82, 2.24) is 5.32 Å². The van der Waals surface area contributed by atoms with Crippen molar-refractivity contribution in [2.75, 3.05) is 5.33 Å². The monoisotopic (exact) mass is 235 g/mol. The second kappa shape index (κ2) is 4.70. The topological polar surface area (TPSA) is 38.3 Å². The highest BCUT2D eigenvalue weighted by Gasteiger charge is 2.20. The average Bonchev–Trinajstić information content (AvgIpc) is 1.97. The van der Waals surface area contributed by atoms with Crippen LogP contribution < -0.4 is 5.32 Å². The Kier molecular flexibility index (Phi) is 3.85. The Morgan fingerprint density at radius 3 is 2.83 bits per heavy atom. The van der Waals surface area contributed by atoms with Crippen molar-refractivity contribution in [2.24, 2.45) is 0 Å². The number of carbonyl (C=O) groups is 1. The molecule has 70 valence electrons. The van der Waals surface area contributed by atoms with Crippen LogP contribution in [-0.2, 0) is 4.74 Å². The Morgan fingerprint density at radius 1 is 1.75 bits per heavy atom. The van der Waals surface area contributed by atoms with Crippen LogP contribution >= 0.6 is 15.9 Å². The molecular formula is C8H14BrNO2. The Morgan fingerprint density at radius 2 is 2.42 bits per heavy atom. The van der Waals surface area contributed by atoms with E-state index in [2.05, 4.69) is 21.2 Å². The SMILES string of the molecule is CC(CBr)OC(=O)NC1CCC1. The molecular weight excluding hydrogens is 222 g/mol. The van der Waals surface area contributed by atoms with E-state index in [-0.39, 0.29) is 12.2 Å². The van der Waals surface area contributed by atoms with E-state index < -0.39 is 0 Å². The molecule has 1 aliphatic carbocycles. The first-order chi connectivity index (χ1) is 5.72. The van der Waals surface area contributed by atoms with Gasteiger partial charge in [-0.25, -0.2) is 4.79 Å². The molecule has 1 aliphatic rings. The quantitative estimate of drug-likeness (QED) is 0.761. The summed E-state index contributed by atoms with van der Waals surface area (Å²) in [6.45, 7) is 1.86. The smallest absolute Gasteiger partial charge is 0.407 e. The minimum Gasteiger partial charge on any atom is -0.446 e. The maximum absolute atomic E-state index is 11.1. The summed E-state index contributed by atoms with van der Waals surface area (Å²) in [5, 5.41) is 3.49. The molecule has 12 heavy (non-hydrogen) atoms. The summed E-state index contributed by atoms with van der Waals surface area (Å²) in [4.78, 5) is 11.1. The number of alkyl carbamates (subject to hydrolysis) is 1. The Hall–Kier alpha value is -0.250. The predicted molar refractivity (Wildman–Crippen MR) is 50.5 cm³/mol. The molecule has 1 saturated carbocycles. The second-order valence-electron chi connectivity index (χ2n) is 3.14. The molecule has 0 aromatic carbocycles. The van der Waals surface area contributed by atoms with Gasteiger partial charge >= 0.3 is 6.09 Å². The largest absolute Gasteiger partial charge is 0.446 e. The number of hydrogen-bond donors (Lipinski definition) is 1. The standard InChI is InChI=1S/C8H14BrNO2/c1-6(5-9)12-8(11)10-7-3-2-4-7/h6-7H,2-5H2,1H3,(H,10,11). The van der Waals surface area contributed by atoms with E-state index in [1.54, 1.807) is 0 Å². The minimum absolute atomic E-state index is 0.0509. The molecule has 4 heteroatoms. The highest BCUT2D eigenvalue weighted by molar-refractivity contribution is 9.09. The van der Waals surface area contributed by atoms with Gasteiger partial charge in [0.1, 0.15) is 6.10 Å². The summed E-state index contributed by atoms with van der Waals surface area (Å²) in [5.74, 6) is 0. The van der Waals surface area contributed by atoms with Crippen LogP contribution in [0, 0.1) is 0 Å². The Bertz CT molecular complexity index is 150. The third kappa shape index (κ3) is 3.01. The average molecular weight is 236 g/mol. The third-order valence-corrected chi connectivity index (χ3v) is 2.86. The van der Waals surface area contributed by atoms with Crippen molar-refractivity contribution in [3.05, 3.63) is 0 Å². The maximum Gasteiger partial charge on any atom is 0.407 e. The van der Waals surface area contributed by atoms with E-state index in [9.17, 15) is 4.79 Å². The van der Waals surface area contributed by atoms with Gasteiger partial charge in [0.25, 0.3) is 0 Å². The van der Waals surface area contributed by atoms with Crippen LogP contribution in [0.5, 0.6) is 0 Å². The summed E-state index contributed by atoms with van der Waals surface area (Å²) in [7, 11) is 0. The van der Waals surface area contributed by atoms with Gasteiger partial charge in [0.05, 0.1) is 0 Å². The van der Waals surface area contributed by atoms with Gasteiger partial charge in [-0.1, -0.05) is 15.9 Å². The van der Waals surface area contributed by atoms with Crippen molar-refractivity contribution >= 4 is 22.0 Å². The van der Waals surface area contributed by atoms with Crippen molar-refractivity contribution in [3.8, 4) is 0 Å². The molecule has 3 nitrogen and oxygen atoms in total. The van der Waals surface area contributed by atoms with Crippen molar-refractivity contribution in [2.45, 2.75) is 38.3 Å². The van der Waals surface area contributed by atoms with E-state index in [1.165, 1.54) is 6.42 Å². The zero-order valence-electron chi connectivity index (χ0n) is 7.18. The van der Waals surface area contributed by atoms with E-state index in [4.69, 9.17) is 4.74 Å². The van der Waals surface area contributed by atoms with Crippen molar-refractivity contribution < 1.29 is 9.53 Å². The molecule has 1 N–H and O–H groups in total. The predicted octanol–water partition coefficient (Wildman–Crippen LogP) is 2.05. The first kappa shape index (κ1) is 9.84. The molecule has 0 aromatic rings. The van der Waals surface area contributed by atoms with Gasteiger partial charge in [0.15, 0.2) is 0 Å². The number of ether oxygens (including phenoxy) is 1. The number of hydrogen-bond acceptors (Lipinski definition) is 2. The van der Waals surface area contributed by atoms with Crippen LogP contribution in [0.25, 0.3) is 0 Å². The Labute approximate surface area is 81.0 Å². The molecule has 0 radical (unpaired) electrons. The maximum atomic E-state index is 11.1. The van der Waals surface area contributed by atoms with Gasteiger partial charge in [-0.2, -0.15) is 0 Å². The fourth-order valence-corrected chi connectivity index (χ4v) is 1.10. The van der Waals surface area contributed by atoms with Gasteiger partial charge in [0.2, 0.25) is 0 Å². The molecule has 0 aliphatic heterocycles. The van der Waals surface area contributed by atoms with E-state index in [0.717, 1.165) is 12.8 Å². The van der Waals surface area contributed by atoms with Crippen LogP contribution in [0.4, 0.5) is 4.79 Å². The first-order valence-electron chi connectivity index (χ1n) is 4.25. The summed E-state index contributed by atoms with van der Waals surface area (Å²) in [5.41, 5.74) is 0. The lowest BCUT2D eigenvalue weighted by Gasteiger charge is -2.26. The molecule has 0 bridgehead atoms. The lowest BCUT2D eigenvalue weighted by molar-refractivity contribution is 0.110. The summed E-state index contributed by atoms with van der Waals surface area (Å²) >= 11 is 3.24.